The van der Waals surface area contributed by atoms with Crippen LogP contribution in [0.5, 0.6) is 0 Å². The van der Waals surface area contributed by atoms with Crippen molar-refractivity contribution in [1.82, 2.24) is 10.6 Å². The molecule has 0 aliphatic heterocycles. The van der Waals surface area contributed by atoms with E-state index in [0.717, 1.165) is 32.0 Å². The molecule has 0 unspecified atom stereocenters. The lowest BCUT2D eigenvalue weighted by Crippen LogP contribution is -2.44. The highest BCUT2D eigenvalue weighted by Crippen LogP contribution is 2.17. The molecule has 0 atom stereocenters. The molecular weight excluding hydrogens is 254 g/mol. The highest BCUT2D eigenvalue weighted by molar-refractivity contribution is 5.79. The first-order valence-corrected chi connectivity index (χ1v) is 7.90. The van der Waals surface area contributed by atoms with E-state index in [1.807, 2.05) is 7.05 Å². The van der Waals surface area contributed by atoms with E-state index in [-0.39, 0.29) is 0 Å². The van der Waals surface area contributed by atoms with E-state index in [1.165, 1.54) is 32.1 Å². The minimum atomic E-state index is 0.604. The smallest absolute Gasteiger partial charge is 0.191 e. The summed E-state index contributed by atoms with van der Waals surface area (Å²) < 4.78 is 10.4. The number of nitrogens with zero attached hydrogens (tertiary/aromatic N) is 1. The van der Waals surface area contributed by atoms with Gasteiger partial charge in [0, 0.05) is 33.4 Å². The largest absolute Gasteiger partial charge is 0.382 e. The zero-order valence-electron chi connectivity index (χ0n) is 13.1. The van der Waals surface area contributed by atoms with Crippen LogP contribution >= 0.6 is 0 Å². The Hall–Kier alpha value is -0.810. The summed E-state index contributed by atoms with van der Waals surface area (Å²) in [5, 5.41) is 6.89. The van der Waals surface area contributed by atoms with Crippen molar-refractivity contribution in [3.05, 3.63) is 0 Å². The molecule has 1 fully saturated rings. The minimum Gasteiger partial charge on any atom is -0.382 e. The molecule has 0 aromatic carbocycles. The number of guanidine groups is 1. The van der Waals surface area contributed by atoms with Gasteiger partial charge in [0.1, 0.15) is 0 Å². The molecule has 5 heteroatoms. The average molecular weight is 285 g/mol. The second kappa shape index (κ2) is 12.0. The van der Waals surface area contributed by atoms with E-state index in [9.17, 15) is 0 Å². The number of methoxy groups -OCH3 is 1. The lowest BCUT2D eigenvalue weighted by atomic mass is 9.96. The Balaban J connectivity index is 1.98. The Morgan fingerprint density at radius 3 is 2.60 bits per heavy atom. The lowest BCUT2D eigenvalue weighted by Gasteiger charge is -2.24. The SMILES string of the molecule is CN=C(NCCCCOCCOC)NC1CCCCC1. The minimum absolute atomic E-state index is 0.604. The first-order valence-electron chi connectivity index (χ1n) is 7.90. The maximum atomic E-state index is 5.43. The quantitative estimate of drug-likeness (QED) is 0.386. The number of ether oxygens (including phenoxy) is 2. The van der Waals surface area contributed by atoms with Gasteiger partial charge < -0.3 is 20.1 Å². The molecule has 2 N–H and O–H groups in total. The van der Waals surface area contributed by atoms with E-state index < -0.39 is 0 Å². The van der Waals surface area contributed by atoms with Crippen molar-refractivity contribution in [3.63, 3.8) is 0 Å². The van der Waals surface area contributed by atoms with Crippen molar-refractivity contribution in [2.45, 2.75) is 51.0 Å². The first kappa shape index (κ1) is 17.2. The van der Waals surface area contributed by atoms with E-state index in [2.05, 4.69) is 15.6 Å². The fourth-order valence-electron chi connectivity index (χ4n) is 2.42. The predicted octanol–water partition coefficient (Wildman–Crippen LogP) is 1.93. The maximum absolute atomic E-state index is 5.43. The van der Waals surface area contributed by atoms with Crippen molar-refractivity contribution in [2.75, 3.05) is 40.5 Å². The molecule has 5 nitrogen and oxygen atoms in total. The van der Waals surface area contributed by atoms with E-state index in [0.29, 0.717) is 19.3 Å². The van der Waals surface area contributed by atoms with Crippen LogP contribution in [0.25, 0.3) is 0 Å². The third-order valence-electron chi connectivity index (χ3n) is 3.61. The van der Waals surface area contributed by atoms with Gasteiger partial charge in [0.05, 0.1) is 13.2 Å². The van der Waals surface area contributed by atoms with Crippen molar-refractivity contribution in [3.8, 4) is 0 Å². The van der Waals surface area contributed by atoms with Gasteiger partial charge in [-0.15, -0.1) is 0 Å². The molecule has 1 saturated carbocycles. The number of rotatable bonds is 9. The summed E-state index contributed by atoms with van der Waals surface area (Å²) in [5.41, 5.74) is 0. The molecule has 0 saturated heterocycles. The zero-order chi connectivity index (χ0) is 14.5. The lowest BCUT2D eigenvalue weighted by molar-refractivity contribution is 0.0689. The summed E-state index contributed by atoms with van der Waals surface area (Å²) in [4.78, 5) is 4.29. The van der Waals surface area contributed by atoms with Gasteiger partial charge in [-0.05, 0) is 25.7 Å². The molecule has 0 spiro atoms. The van der Waals surface area contributed by atoms with Crippen LogP contribution < -0.4 is 10.6 Å². The number of unbranched alkanes of at least 4 members (excludes halogenated alkanes) is 1. The third kappa shape index (κ3) is 8.38. The standard InChI is InChI=1S/C15H31N3O2/c1-16-15(18-14-8-4-3-5-9-14)17-10-6-7-11-20-13-12-19-2/h14H,3-13H2,1-2H3,(H2,16,17,18). The number of aliphatic imine (C=N–C) groups is 1. The molecule has 1 aliphatic rings. The van der Waals surface area contributed by atoms with E-state index in [4.69, 9.17) is 9.47 Å². The summed E-state index contributed by atoms with van der Waals surface area (Å²) in [6.45, 7) is 3.12. The molecule has 1 rings (SSSR count). The average Bonchev–Trinajstić information content (AvgIpc) is 2.49. The third-order valence-corrected chi connectivity index (χ3v) is 3.61. The second-order valence-corrected chi connectivity index (χ2v) is 5.29. The topological polar surface area (TPSA) is 54.9 Å². The van der Waals surface area contributed by atoms with Gasteiger partial charge in [0.15, 0.2) is 5.96 Å². The van der Waals surface area contributed by atoms with Crippen LogP contribution in [0, 0.1) is 0 Å². The molecular formula is C15H31N3O2. The van der Waals surface area contributed by atoms with Crippen LogP contribution in [-0.4, -0.2) is 52.5 Å². The molecule has 0 aromatic rings. The maximum Gasteiger partial charge on any atom is 0.191 e. The Kier molecular flexibility index (Phi) is 10.3. The fraction of sp³-hybridized carbons (Fsp3) is 0.933. The summed E-state index contributed by atoms with van der Waals surface area (Å²) >= 11 is 0. The Bertz CT molecular complexity index is 254. The zero-order valence-corrected chi connectivity index (χ0v) is 13.1. The number of nitrogens with one attached hydrogen (secondary N) is 2. The van der Waals surface area contributed by atoms with Crippen molar-refractivity contribution in [1.29, 1.82) is 0 Å². The van der Waals surface area contributed by atoms with Crippen molar-refractivity contribution < 1.29 is 9.47 Å². The molecule has 0 bridgehead atoms. The van der Waals surface area contributed by atoms with Crippen molar-refractivity contribution >= 4 is 5.96 Å². The molecule has 0 aromatic heterocycles. The van der Waals surface area contributed by atoms with Gasteiger partial charge in [-0.3, -0.25) is 4.99 Å². The van der Waals surface area contributed by atoms with Crippen LogP contribution in [0.2, 0.25) is 0 Å². The molecule has 118 valence electrons. The molecule has 0 amide bonds. The van der Waals surface area contributed by atoms with Crippen molar-refractivity contribution in [2.24, 2.45) is 4.99 Å². The molecule has 20 heavy (non-hydrogen) atoms. The first-order chi connectivity index (χ1) is 9.86. The molecule has 1 aliphatic carbocycles. The highest BCUT2D eigenvalue weighted by Gasteiger charge is 2.13. The van der Waals surface area contributed by atoms with E-state index in [1.54, 1.807) is 7.11 Å². The Morgan fingerprint density at radius 1 is 1.10 bits per heavy atom. The monoisotopic (exact) mass is 285 g/mol. The highest BCUT2D eigenvalue weighted by atomic mass is 16.5. The predicted molar refractivity (Wildman–Crippen MR) is 83.3 cm³/mol. The van der Waals surface area contributed by atoms with Gasteiger partial charge in [-0.25, -0.2) is 0 Å². The fourth-order valence-corrected chi connectivity index (χ4v) is 2.42. The molecule has 0 heterocycles. The summed E-state index contributed by atoms with van der Waals surface area (Å²) in [6.07, 6.45) is 8.77. The summed E-state index contributed by atoms with van der Waals surface area (Å²) in [5.74, 6) is 0.942. The van der Waals surface area contributed by atoms with Gasteiger partial charge >= 0.3 is 0 Å². The normalized spacial score (nSPS) is 17.2. The van der Waals surface area contributed by atoms with Crippen LogP contribution in [0.1, 0.15) is 44.9 Å². The number of hydrogen-bond acceptors (Lipinski definition) is 3. The van der Waals surface area contributed by atoms with Crippen LogP contribution in [0.4, 0.5) is 0 Å². The Morgan fingerprint density at radius 2 is 1.90 bits per heavy atom. The van der Waals surface area contributed by atoms with Crippen LogP contribution in [0.15, 0.2) is 4.99 Å². The summed E-state index contributed by atoms with van der Waals surface area (Å²) in [6, 6.07) is 0.604. The van der Waals surface area contributed by atoms with Gasteiger partial charge in [0.25, 0.3) is 0 Å². The van der Waals surface area contributed by atoms with Gasteiger partial charge in [-0.1, -0.05) is 19.3 Å². The van der Waals surface area contributed by atoms with Gasteiger partial charge in [0.2, 0.25) is 0 Å². The summed E-state index contributed by atoms with van der Waals surface area (Å²) in [7, 11) is 3.53. The second-order valence-electron chi connectivity index (χ2n) is 5.29. The number of hydrogen-bond donors (Lipinski definition) is 2. The van der Waals surface area contributed by atoms with E-state index >= 15 is 0 Å². The Labute approximate surface area is 123 Å². The van der Waals surface area contributed by atoms with Crippen LogP contribution in [0.3, 0.4) is 0 Å². The molecule has 0 radical (unpaired) electrons. The van der Waals surface area contributed by atoms with Gasteiger partial charge in [-0.2, -0.15) is 0 Å². The van der Waals surface area contributed by atoms with Crippen LogP contribution in [-0.2, 0) is 9.47 Å².